The van der Waals surface area contributed by atoms with Crippen LogP contribution in [-0.2, 0) is 10.0 Å². The van der Waals surface area contributed by atoms with Gasteiger partial charge in [-0.25, -0.2) is 17.6 Å². The van der Waals surface area contributed by atoms with Crippen molar-refractivity contribution in [3.8, 4) is 0 Å². The monoisotopic (exact) mass is 362 g/mol. The van der Waals surface area contributed by atoms with E-state index in [-0.39, 0.29) is 16.3 Å². The van der Waals surface area contributed by atoms with Crippen molar-refractivity contribution in [2.24, 2.45) is 0 Å². The quantitative estimate of drug-likeness (QED) is 0.777. The van der Waals surface area contributed by atoms with Gasteiger partial charge in [0.15, 0.2) is 0 Å². The van der Waals surface area contributed by atoms with Crippen molar-refractivity contribution in [1.82, 2.24) is 4.98 Å². The highest BCUT2D eigenvalue weighted by Gasteiger charge is 2.19. The number of H-pyrrole nitrogens is 1. The number of aromatic amines is 1. The van der Waals surface area contributed by atoms with E-state index >= 15 is 0 Å². The molecular formula is C11H8BrFN2O4S. The van der Waals surface area contributed by atoms with E-state index in [9.17, 15) is 17.6 Å². The van der Waals surface area contributed by atoms with Crippen LogP contribution in [0.4, 0.5) is 10.1 Å². The number of anilines is 1. The van der Waals surface area contributed by atoms with Gasteiger partial charge in [0, 0.05) is 10.7 Å². The van der Waals surface area contributed by atoms with Crippen LogP contribution in [0.1, 0.15) is 10.5 Å². The first-order valence-corrected chi connectivity index (χ1v) is 7.47. The molecule has 0 saturated carbocycles. The van der Waals surface area contributed by atoms with Gasteiger partial charge < -0.3 is 10.1 Å². The van der Waals surface area contributed by atoms with Crippen LogP contribution >= 0.6 is 15.9 Å². The molecule has 9 heteroatoms. The molecule has 0 fully saturated rings. The number of aromatic nitrogens is 1. The van der Waals surface area contributed by atoms with Gasteiger partial charge >= 0.3 is 5.97 Å². The summed E-state index contributed by atoms with van der Waals surface area (Å²) in [6.07, 6.45) is 1.02. The van der Waals surface area contributed by atoms with Gasteiger partial charge in [0.2, 0.25) is 0 Å². The lowest BCUT2D eigenvalue weighted by atomic mass is 10.3. The summed E-state index contributed by atoms with van der Waals surface area (Å²) in [4.78, 5) is 12.7. The molecule has 106 valence electrons. The molecule has 20 heavy (non-hydrogen) atoms. The fourth-order valence-electron chi connectivity index (χ4n) is 1.43. The topological polar surface area (TPSA) is 99.3 Å². The zero-order valence-corrected chi connectivity index (χ0v) is 12.1. The minimum Gasteiger partial charge on any atom is -0.477 e. The molecule has 6 nitrogen and oxygen atoms in total. The Morgan fingerprint density at radius 2 is 2.05 bits per heavy atom. The van der Waals surface area contributed by atoms with Crippen molar-refractivity contribution in [3.63, 3.8) is 0 Å². The Labute approximate surface area is 121 Å². The molecule has 0 bridgehead atoms. The summed E-state index contributed by atoms with van der Waals surface area (Å²) in [5.41, 5.74) is -0.516. The molecule has 1 aromatic heterocycles. The fraction of sp³-hybridized carbons (Fsp3) is 0. The van der Waals surface area contributed by atoms with E-state index in [1.54, 1.807) is 0 Å². The van der Waals surface area contributed by atoms with Gasteiger partial charge in [0.05, 0.1) is 5.69 Å². The first kappa shape index (κ1) is 14.5. The van der Waals surface area contributed by atoms with Crippen molar-refractivity contribution < 1.29 is 22.7 Å². The van der Waals surface area contributed by atoms with E-state index in [1.807, 2.05) is 0 Å². The van der Waals surface area contributed by atoms with E-state index < -0.39 is 21.8 Å². The van der Waals surface area contributed by atoms with Crippen LogP contribution in [0.5, 0.6) is 0 Å². The number of hydrogen-bond donors (Lipinski definition) is 3. The van der Waals surface area contributed by atoms with Crippen molar-refractivity contribution in [2.45, 2.75) is 4.90 Å². The Balaban J connectivity index is 2.35. The van der Waals surface area contributed by atoms with Crippen molar-refractivity contribution in [3.05, 3.63) is 46.4 Å². The second kappa shape index (κ2) is 5.25. The molecule has 0 atom stereocenters. The van der Waals surface area contributed by atoms with E-state index in [4.69, 9.17) is 5.11 Å². The van der Waals surface area contributed by atoms with Gasteiger partial charge in [-0.2, -0.15) is 0 Å². The molecule has 0 radical (unpaired) electrons. The minimum atomic E-state index is -4.07. The average Bonchev–Trinajstić information content (AvgIpc) is 2.84. The van der Waals surface area contributed by atoms with E-state index in [0.717, 1.165) is 18.3 Å². The highest BCUT2D eigenvalue weighted by atomic mass is 79.9. The molecule has 1 aromatic carbocycles. The van der Waals surface area contributed by atoms with Crippen molar-refractivity contribution in [1.29, 1.82) is 0 Å². The SMILES string of the molecule is O=C(O)c1cc(S(=O)(=O)Nc2cc(Br)ccc2F)c[nH]1. The predicted molar refractivity (Wildman–Crippen MR) is 72.7 cm³/mol. The fourth-order valence-corrected chi connectivity index (χ4v) is 2.84. The maximum Gasteiger partial charge on any atom is 0.352 e. The maximum absolute atomic E-state index is 13.5. The Bertz CT molecular complexity index is 772. The third-order valence-electron chi connectivity index (χ3n) is 2.37. The van der Waals surface area contributed by atoms with E-state index in [0.29, 0.717) is 4.47 Å². The molecule has 0 unspecified atom stereocenters. The number of carboxylic acid groups (broad SMARTS) is 1. The number of nitrogens with one attached hydrogen (secondary N) is 2. The largest absolute Gasteiger partial charge is 0.477 e. The highest BCUT2D eigenvalue weighted by Crippen LogP contribution is 2.23. The lowest BCUT2D eigenvalue weighted by Gasteiger charge is -2.07. The van der Waals surface area contributed by atoms with Gasteiger partial charge in [0.25, 0.3) is 10.0 Å². The molecule has 0 aliphatic heterocycles. The zero-order chi connectivity index (χ0) is 14.9. The van der Waals surface area contributed by atoms with Crippen molar-refractivity contribution in [2.75, 3.05) is 4.72 Å². The summed E-state index contributed by atoms with van der Waals surface area (Å²) in [6.45, 7) is 0. The maximum atomic E-state index is 13.5. The molecular weight excluding hydrogens is 355 g/mol. The number of sulfonamides is 1. The summed E-state index contributed by atoms with van der Waals surface area (Å²) in [5, 5.41) is 8.72. The molecule has 2 rings (SSSR count). The number of hydrogen-bond acceptors (Lipinski definition) is 3. The van der Waals surface area contributed by atoms with Crippen LogP contribution in [0.15, 0.2) is 39.8 Å². The number of benzene rings is 1. The van der Waals surface area contributed by atoms with Crippen LogP contribution in [-0.4, -0.2) is 24.5 Å². The Hall–Kier alpha value is -1.87. The summed E-state index contributed by atoms with van der Waals surface area (Å²) in [7, 11) is -4.07. The van der Waals surface area contributed by atoms with Crippen LogP contribution in [0.2, 0.25) is 0 Å². The van der Waals surface area contributed by atoms with Gasteiger partial charge in [-0.3, -0.25) is 4.72 Å². The number of halogens is 2. The molecule has 0 amide bonds. The molecule has 1 heterocycles. The van der Waals surface area contributed by atoms with E-state index in [2.05, 4.69) is 25.6 Å². The highest BCUT2D eigenvalue weighted by molar-refractivity contribution is 9.10. The zero-order valence-electron chi connectivity index (χ0n) is 9.72. The van der Waals surface area contributed by atoms with Crippen LogP contribution in [0, 0.1) is 5.82 Å². The summed E-state index contributed by atoms with van der Waals surface area (Å²) in [5.74, 6) is -2.04. The summed E-state index contributed by atoms with van der Waals surface area (Å²) < 4.78 is 40.0. The smallest absolute Gasteiger partial charge is 0.352 e. The average molecular weight is 363 g/mol. The molecule has 0 aliphatic rings. The number of carboxylic acids is 1. The minimum absolute atomic E-state index is 0.238. The lowest BCUT2D eigenvalue weighted by Crippen LogP contribution is -2.13. The molecule has 0 aliphatic carbocycles. The Morgan fingerprint density at radius 1 is 1.35 bits per heavy atom. The predicted octanol–water partition coefficient (Wildman–Crippen LogP) is 2.42. The van der Waals surface area contributed by atoms with E-state index in [1.165, 1.54) is 12.1 Å². The third-order valence-corrected chi connectivity index (χ3v) is 4.21. The van der Waals surface area contributed by atoms with Gasteiger partial charge in [-0.1, -0.05) is 15.9 Å². The van der Waals surface area contributed by atoms with Crippen LogP contribution in [0.3, 0.4) is 0 Å². The Morgan fingerprint density at radius 3 is 2.65 bits per heavy atom. The van der Waals surface area contributed by atoms with Crippen LogP contribution < -0.4 is 4.72 Å². The number of carbonyl (C=O) groups is 1. The standard InChI is InChI=1S/C11H8BrFN2O4S/c12-6-1-2-8(13)9(3-6)15-20(18,19)7-4-10(11(16)17)14-5-7/h1-5,14-15H,(H,16,17). The molecule has 0 saturated heterocycles. The van der Waals surface area contributed by atoms with Gasteiger partial charge in [-0.15, -0.1) is 0 Å². The Kier molecular flexibility index (Phi) is 3.82. The first-order valence-electron chi connectivity index (χ1n) is 5.19. The second-order valence-electron chi connectivity index (χ2n) is 3.78. The van der Waals surface area contributed by atoms with Crippen molar-refractivity contribution >= 4 is 37.6 Å². The molecule has 3 N–H and O–H groups in total. The lowest BCUT2D eigenvalue weighted by molar-refractivity contribution is 0.0691. The summed E-state index contributed by atoms with van der Waals surface area (Å²) >= 11 is 3.10. The third kappa shape index (κ3) is 2.99. The number of aromatic carboxylic acids is 1. The van der Waals surface area contributed by atoms with Gasteiger partial charge in [0.1, 0.15) is 16.4 Å². The first-order chi connectivity index (χ1) is 9.29. The summed E-state index contributed by atoms with van der Waals surface area (Å²) in [6, 6.07) is 4.73. The normalized spacial score (nSPS) is 11.3. The molecule has 2 aromatic rings. The number of rotatable bonds is 4. The van der Waals surface area contributed by atoms with Crippen LogP contribution in [0.25, 0.3) is 0 Å². The second-order valence-corrected chi connectivity index (χ2v) is 6.38. The van der Waals surface area contributed by atoms with Gasteiger partial charge in [-0.05, 0) is 24.3 Å². The molecule has 0 spiro atoms.